The van der Waals surface area contributed by atoms with Crippen molar-refractivity contribution in [2.45, 2.75) is 19.8 Å². The molecule has 2 rings (SSSR count). The maximum Gasteiger partial charge on any atom is 0.329 e. The molecule has 0 aliphatic rings. The lowest BCUT2D eigenvalue weighted by Gasteiger charge is -2.11. The van der Waals surface area contributed by atoms with Crippen LogP contribution in [0.2, 0.25) is 0 Å². The molecule has 0 saturated heterocycles. The Kier molecular flexibility index (Phi) is 8.48. The SMILES string of the molecule is CCCCNC(=O)C(=O)N/N=C\c1cc(Br)ccc1Nc1ccc(OC)cc1. The highest BCUT2D eigenvalue weighted by molar-refractivity contribution is 9.10. The number of methoxy groups -OCH3 is 1. The second-order valence-corrected chi connectivity index (χ2v) is 6.81. The first-order valence-electron chi connectivity index (χ1n) is 8.85. The summed E-state index contributed by atoms with van der Waals surface area (Å²) in [5.74, 6) is -0.730. The van der Waals surface area contributed by atoms with Crippen molar-refractivity contribution in [1.29, 1.82) is 0 Å². The Hall–Kier alpha value is -2.87. The summed E-state index contributed by atoms with van der Waals surface area (Å²) in [7, 11) is 1.62. The fraction of sp³-hybridized carbons (Fsp3) is 0.250. The Bertz CT molecular complexity index is 838. The number of halogens is 1. The first-order valence-corrected chi connectivity index (χ1v) is 9.64. The smallest absolute Gasteiger partial charge is 0.329 e. The third kappa shape index (κ3) is 6.70. The molecule has 0 bridgehead atoms. The molecule has 2 amide bonds. The lowest BCUT2D eigenvalue weighted by atomic mass is 10.2. The van der Waals surface area contributed by atoms with E-state index in [9.17, 15) is 9.59 Å². The summed E-state index contributed by atoms with van der Waals surface area (Å²) in [6.45, 7) is 2.47. The maximum absolute atomic E-state index is 11.8. The Morgan fingerprint density at radius 1 is 1.14 bits per heavy atom. The van der Waals surface area contributed by atoms with Crippen LogP contribution < -0.4 is 20.8 Å². The number of anilines is 2. The topological polar surface area (TPSA) is 91.8 Å². The largest absolute Gasteiger partial charge is 0.497 e. The van der Waals surface area contributed by atoms with Gasteiger partial charge in [0.1, 0.15) is 5.75 Å². The van der Waals surface area contributed by atoms with Crippen molar-refractivity contribution in [2.24, 2.45) is 5.10 Å². The Morgan fingerprint density at radius 3 is 2.57 bits per heavy atom. The van der Waals surface area contributed by atoms with Crippen LogP contribution in [0.4, 0.5) is 11.4 Å². The molecule has 0 spiro atoms. The predicted octanol–water partition coefficient (Wildman–Crippen LogP) is 3.57. The average Bonchev–Trinajstić information content (AvgIpc) is 2.70. The minimum Gasteiger partial charge on any atom is -0.497 e. The number of benzene rings is 2. The third-order valence-corrected chi connectivity index (χ3v) is 4.27. The molecule has 0 atom stereocenters. The van der Waals surface area contributed by atoms with E-state index in [0.717, 1.165) is 40.0 Å². The van der Waals surface area contributed by atoms with Gasteiger partial charge in [-0.05, 0) is 48.9 Å². The molecule has 2 aromatic carbocycles. The molecule has 0 aliphatic carbocycles. The first-order chi connectivity index (χ1) is 13.5. The quantitative estimate of drug-likeness (QED) is 0.250. The van der Waals surface area contributed by atoms with E-state index in [1.165, 1.54) is 6.21 Å². The van der Waals surface area contributed by atoms with Crippen molar-refractivity contribution in [1.82, 2.24) is 10.7 Å². The van der Waals surface area contributed by atoms with Crippen molar-refractivity contribution in [3.63, 3.8) is 0 Å². The number of hydrogen-bond acceptors (Lipinski definition) is 5. The Labute approximate surface area is 172 Å². The van der Waals surface area contributed by atoms with Crippen LogP contribution in [-0.4, -0.2) is 31.7 Å². The first kappa shape index (κ1) is 21.4. The van der Waals surface area contributed by atoms with Crippen molar-refractivity contribution in [3.8, 4) is 5.75 Å². The van der Waals surface area contributed by atoms with Gasteiger partial charge in [-0.25, -0.2) is 5.43 Å². The van der Waals surface area contributed by atoms with Crippen LogP contribution in [0.1, 0.15) is 25.3 Å². The molecule has 3 N–H and O–H groups in total. The minimum absolute atomic E-state index is 0.466. The van der Waals surface area contributed by atoms with E-state index in [2.05, 4.69) is 37.1 Å². The molecule has 7 nitrogen and oxygen atoms in total. The van der Waals surface area contributed by atoms with Gasteiger partial charge in [-0.3, -0.25) is 9.59 Å². The number of rotatable bonds is 8. The van der Waals surface area contributed by atoms with Crippen LogP contribution in [0, 0.1) is 0 Å². The van der Waals surface area contributed by atoms with Crippen molar-refractivity contribution in [2.75, 3.05) is 19.0 Å². The van der Waals surface area contributed by atoms with E-state index in [4.69, 9.17) is 4.74 Å². The summed E-state index contributed by atoms with van der Waals surface area (Å²) in [6.07, 6.45) is 3.24. The fourth-order valence-corrected chi connectivity index (χ4v) is 2.63. The molecular weight excluding hydrogens is 424 g/mol. The number of unbranched alkanes of at least 4 members (excludes halogenated alkanes) is 1. The molecule has 8 heteroatoms. The van der Waals surface area contributed by atoms with E-state index >= 15 is 0 Å². The van der Waals surface area contributed by atoms with Gasteiger partial charge in [0.15, 0.2) is 0 Å². The van der Waals surface area contributed by atoms with E-state index in [0.29, 0.717) is 6.54 Å². The highest BCUT2D eigenvalue weighted by atomic mass is 79.9. The number of hydrazone groups is 1. The summed E-state index contributed by atoms with van der Waals surface area (Å²) < 4.78 is 6.02. The molecule has 0 aromatic heterocycles. The Morgan fingerprint density at radius 2 is 1.89 bits per heavy atom. The maximum atomic E-state index is 11.8. The van der Waals surface area contributed by atoms with Crippen LogP contribution >= 0.6 is 15.9 Å². The molecule has 0 aliphatic heterocycles. The highest BCUT2D eigenvalue weighted by Gasteiger charge is 2.11. The van der Waals surface area contributed by atoms with Gasteiger partial charge in [-0.1, -0.05) is 29.3 Å². The van der Waals surface area contributed by atoms with Gasteiger partial charge >= 0.3 is 11.8 Å². The highest BCUT2D eigenvalue weighted by Crippen LogP contribution is 2.24. The lowest BCUT2D eigenvalue weighted by molar-refractivity contribution is -0.139. The minimum atomic E-state index is -0.799. The number of carbonyl (C=O) groups is 2. The molecule has 0 fully saturated rings. The zero-order valence-corrected chi connectivity index (χ0v) is 17.4. The monoisotopic (exact) mass is 446 g/mol. The number of carbonyl (C=O) groups excluding carboxylic acids is 2. The fourth-order valence-electron chi connectivity index (χ4n) is 2.25. The van der Waals surface area contributed by atoms with Gasteiger partial charge in [-0.2, -0.15) is 5.10 Å². The van der Waals surface area contributed by atoms with Crippen LogP contribution in [0.3, 0.4) is 0 Å². The molecule has 0 radical (unpaired) electrons. The van der Waals surface area contributed by atoms with Crippen LogP contribution in [0.5, 0.6) is 5.75 Å². The van der Waals surface area contributed by atoms with Gasteiger partial charge in [-0.15, -0.1) is 0 Å². The van der Waals surface area contributed by atoms with Crippen LogP contribution in [0.25, 0.3) is 0 Å². The lowest BCUT2D eigenvalue weighted by Crippen LogP contribution is -2.38. The van der Waals surface area contributed by atoms with Crippen molar-refractivity contribution >= 4 is 45.3 Å². The summed E-state index contributed by atoms with van der Waals surface area (Å²) in [5, 5.41) is 9.72. The standard InChI is InChI=1S/C20H23BrN4O3/c1-3-4-11-22-19(26)20(27)25-23-13-14-12-15(21)5-10-18(14)24-16-6-8-17(28-2)9-7-16/h5-10,12-13,24H,3-4,11H2,1-2H3,(H,22,26)(H,25,27)/b23-13-. The van der Waals surface area contributed by atoms with E-state index in [1.807, 2.05) is 49.4 Å². The summed E-state index contributed by atoms with van der Waals surface area (Å²) in [5.41, 5.74) is 4.64. The van der Waals surface area contributed by atoms with E-state index in [1.54, 1.807) is 7.11 Å². The summed E-state index contributed by atoms with van der Waals surface area (Å²) in [6, 6.07) is 13.1. The van der Waals surface area contributed by atoms with Gasteiger partial charge in [0.05, 0.1) is 13.3 Å². The molecule has 0 unspecified atom stereocenters. The Balaban J connectivity index is 2.03. The van der Waals surface area contributed by atoms with Crippen molar-refractivity contribution < 1.29 is 14.3 Å². The van der Waals surface area contributed by atoms with Gasteiger partial charge in [0.25, 0.3) is 0 Å². The van der Waals surface area contributed by atoms with Gasteiger partial charge in [0, 0.05) is 28.0 Å². The molecule has 0 heterocycles. The normalized spacial score (nSPS) is 10.5. The van der Waals surface area contributed by atoms with Crippen molar-refractivity contribution in [3.05, 3.63) is 52.5 Å². The number of ether oxygens (including phenoxy) is 1. The zero-order valence-electron chi connectivity index (χ0n) is 15.8. The zero-order chi connectivity index (χ0) is 20.4. The van der Waals surface area contributed by atoms with Crippen LogP contribution in [0.15, 0.2) is 52.0 Å². The summed E-state index contributed by atoms with van der Waals surface area (Å²) >= 11 is 3.42. The number of hydrogen-bond donors (Lipinski definition) is 3. The van der Waals surface area contributed by atoms with E-state index in [-0.39, 0.29) is 0 Å². The second kappa shape index (κ2) is 11.1. The number of nitrogens with zero attached hydrogens (tertiary/aromatic N) is 1. The molecule has 2 aromatic rings. The van der Waals surface area contributed by atoms with Crippen LogP contribution in [-0.2, 0) is 9.59 Å². The average molecular weight is 447 g/mol. The number of amides is 2. The molecule has 28 heavy (non-hydrogen) atoms. The summed E-state index contributed by atoms with van der Waals surface area (Å²) in [4.78, 5) is 23.4. The van der Waals surface area contributed by atoms with E-state index < -0.39 is 11.8 Å². The second-order valence-electron chi connectivity index (χ2n) is 5.89. The molecular formula is C20H23BrN4O3. The van der Waals surface area contributed by atoms with Gasteiger partial charge < -0.3 is 15.4 Å². The number of nitrogens with one attached hydrogen (secondary N) is 3. The molecule has 148 valence electrons. The third-order valence-electron chi connectivity index (χ3n) is 3.77. The molecule has 0 saturated carbocycles. The van der Waals surface area contributed by atoms with Gasteiger partial charge in [0.2, 0.25) is 0 Å². The predicted molar refractivity (Wildman–Crippen MR) is 114 cm³/mol.